The van der Waals surface area contributed by atoms with Crippen molar-refractivity contribution in [2.75, 3.05) is 0 Å². The first kappa shape index (κ1) is 14.1. The Balaban J connectivity index is 2.05. The van der Waals surface area contributed by atoms with Gasteiger partial charge in [-0.05, 0) is 56.6 Å². The molecule has 3 heteroatoms. The number of aryl methyl sites for hydroxylation is 2. The minimum Gasteiger partial charge on any atom is -0.481 e. The van der Waals surface area contributed by atoms with Gasteiger partial charge in [0.05, 0.1) is 5.92 Å². The number of rotatable bonds is 3. The molecule has 0 saturated heterocycles. The summed E-state index contributed by atoms with van der Waals surface area (Å²) in [6, 6.07) is 6.43. The van der Waals surface area contributed by atoms with E-state index >= 15 is 0 Å². The number of benzene rings is 1. The molecule has 19 heavy (non-hydrogen) atoms. The molecule has 104 valence electrons. The molecular formula is C16H23NO2. The number of carboxylic acids is 1. The van der Waals surface area contributed by atoms with E-state index in [1.807, 2.05) is 0 Å². The maximum Gasteiger partial charge on any atom is 0.306 e. The van der Waals surface area contributed by atoms with Crippen LogP contribution < -0.4 is 5.73 Å². The van der Waals surface area contributed by atoms with Gasteiger partial charge in [0.15, 0.2) is 0 Å². The molecule has 1 fully saturated rings. The lowest BCUT2D eigenvalue weighted by atomic mass is 9.76. The molecule has 0 aromatic heterocycles. The fourth-order valence-corrected chi connectivity index (χ4v) is 3.18. The minimum atomic E-state index is -0.654. The average molecular weight is 261 g/mol. The Morgan fingerprint density at radius 3 is 2.42 bits per heavy atom. The van der Waals surface area contributed by atoms with Gasteiger partial charge in [0, 0.05) is 6.04 Å². The lowest BCUT2D eigenvalue weighted by Crippen LogP contribution is -2.29. The highest BCUT2D eigenvalue weighted by molar-refractivity contribution is 5.70. The molecule has 1 aliphatic carbocycles. The third kappa shape index (κ3) is 3.16. The Kier molecular flexibility index (Phi) is 4.25. The van der Waals surface area contributed by atoms with Crippen molar-refractivity contribution in [3.8, 4) is 0 Å². The van der Waals surface area contributed by atoms with Gasteiger partial charge in [0.25, 0.3) is 0 Å². The van der Waals surface area contributed by atoms with E-state index in [9.17, 15) is 4.79 Å². The first-order chi connectivity index (χ1) is 8.99. The Bertz CT molecular complexity index is 462. The van der Waals surface area contributed by atoms with Gasteiger partial charge in [-0.3, -0.25) is 4.79 Å². The number of carbonyl (C=O) groups is 1. The molecule has 1 aromatic rings. The molecule has 0 radical (unpaired) electrons. The van der Waals surface area contributed by atoms with Crippen LogP contribution >= 0.6 is 0 Å². The van der Waals surface area contributed by atoms with Crippen LogP contribution in [0.5, 0.6) is 0 Å². The third-order valence-electron chi connectivity index (χ3n) is 4.41. The van der Waals surface area contributed by atoms with Gasteiger partial charge >= 0.3 is 5.97 Å². The molecule has 1 atom stereocenters. The van der Waals surface area contributed by atoms with Gasteiger partial charge in [0.2, 0.25) is 0 Å². The van der Waals surface area contributed by atoms with E-state index in [1.54, 1.807) is 0 Å². The Morgan fingerprint density at radius 1 is 1.26 bits per heavy atom. The standard InChI is InChI=1S/C16H23NO2/c1-10-3-8-14(11(2)9-10)15(17)12-4-6-13(7-5-12)16(18)19/h3,8-9,12-13,15H,4-7,17H2,1-2H3,(H,18,19). The zero-order valence-electron chi connectivity index (χ0n) is 11.7. The van der Waals surface area contributed by atoms with Crippen LogP contribution in [0.1, 0.15) is 48.4 Å². The monoisotopic (exact) mass is 261 g/mol. The largest absolute Gasteiger partial charge is 0.481 e. The van der Waals surface area contributed by atoms with E-state index < -0.39 is 5.97 Å². The van der Waals surface area contributed by atoms with Gasteiger partial charge in [-0.1, -0.05) is 23.8 Å². The Labute approximate surface area is 114 Å². The second kappa shape index (κ2) is 5.74. The summed E-state index contributed by atoms with van der Waals surface area (Å²) in [5.41, 5.74) is 10.1. The summed E-state index contributed by atoms with van der Waals surface area (Å²) in [6.07, 6.45) is 3.37. The van der Waals surface area contributed by atoms with Gasteiger partial charge in [-0.2, -0.15) is 0 Å². The van der Waals surface area contributed by atoms with Crippen LogP contribution in [-0.4, -0.2) is 11.1 Å². The molecule has 0 bridgehead atoms. The second-order valence-corrected chi connectivity index (χ2v) is 5.84. The summed E-state index contributed by atoms with van der Waals surface area (Å²) in [5, 5.41) is 9.02. The first-order valence-electron chi connectivity index (χ1n) is 7.04. The predicted molar refractivity (Wildman–Crippen MR) is 75.9 cm³/mol. The molecule has 0 amide bonds. The lowest BCUT2D eigenvalue weighted by molar-refractivity contribution is -0.143. The van der Waals surface area contributed by atoms with E-state index in [0.717, 1.165) is 25.7 Å². The van der Waals surface area contributed by atoms with E-state index in [0.29, 0.717) is 5.92 Å². The van der Waals surface area contributed by atoms with Gasteiger partial charge in [0.1, 0.15) is 0 Å². The van der Waals surface area contributed by atoms with Crippen LogP contribution in [0.15, 0.2) is 18.2 Å². The van der Waals surface area contributed by atoms with Crippen molar-refractivity contribution in [3.63, 3.8) is 0 Å². The second-order valence-electron chi connectivity index (χ2n) is 5.84. The van der Waals surface area contributed by atoms with E-state index in [4.69, 9.17) is 10.8 Å². The van der Waals surface area contributed by atoms with E-state index in [2.05, 4.69) is 32.0 Å². The smallest absolute Gasteiger partial charge is 0.306 e. The highest BCUT2D eigenvalue weighted by Crippen LogP contribution is 2.36. The predicted octanol–water partition coefficient (Wildman–Crippen LogP) is 3.19. The van der Waals surface area contributed by atoms with Crippen LogP contribution in [0.2, 0.25) is 0 Å². The summed E-state index contributed by atoms with van der Waals surface area (Å²) < 4.78 is 0. The van der Waals surface area contributed by atoms with Crippen LogP contribution in [0, 0.1) is 25.7 Å². The third-order valence-corrected chi connectivity index (χ3v) is 4.41. The highest BCUT2D eigenvalue weighted by atomic mass is 16.4. The average Bonchev–Trinajstić information content (AvgIpc) is 2.38. The summed E-state index contributed by atoms with van der Waals surface area (Å²) >= 11 is 0. The highest BCUT2D eigenvalue weighted by Gasteiger charge is 2.30. The van der Waals surface area contributed by atoms with Crippen molar-refractivity contribution >= 4 is 5.97 Å². The minimum absolute atomic E-state index is 0.0374. The maximum atomic E-state index is 11.0. The van der Waals surface area contributed by atoms with Crippen LogP contribution in [0.25, 0.3) is 0 Å². The normalized spacial score (nSPS) is 25.0. The van der Waals surface area contributed by atoms with Gasteiger partial charge in [-0.25, -0.2) is 0 Å². The SMILES string of the molecule is Cc1ccc(C(N)C2CCC(C(=O)O)CC2)c(C)c1. The molecule has 0 spiro atoms. The maximum absolute atomic E-state index is 11.0. The molecule has 2 rings (SSSR count). The summed E-state index contributed by atoms with van der Waals surface area (Å²) in [4.78, 5) is 11.0. The molecule has 3 nitrogen and oxygen atoms in total. The molecule has 1 saturated carbocycles. The lowest BCUT2D eigenvalue weighted by Gasteiger charge is -2.31. The van der Waals surface area contributed by atoms with Gasteiger partial charge in [-0.15, -0.1) is 0 Å². The summed E-state index contributed by atoms with van der Waals surface area (Å²) in [7, 11) is 0. The zero-order chi connectivity index (χ0) is 14.0. The Morgan fingerprint density at radius 2 is 1.89 bits per heavy atom. The molecular weight excluding hydrogens is 238 g/mol. The van der Waals surface area contributed by atoms with Crippen molar-refractivity contribution in [3.05, 3.63) is 34.9 Å². The fraction of sp³-hybridized carbons (Fsp3) is 0.562. The topological polar surface area (TPSA) is 63.3 Å². The number of nitrogens with two attached hydrogens (primary N) is 1. The molecule has 1 aromatic carbocycles. The van der Waals surface area contributed by atoms with Crippen molar-refractivity contribution < 1.29 is 9.90 Å². The molecule has 0 heterocycles. The molecule has 1 aliphatic rings. The number of hydrogen-bond donors (Lipinski definition) is 2. The van der Waals surface area contributed by atoms with E-state index in [-0.39, 0.29) is 12.0 Å². The molecule has 3 N–H and O–H groups in total. The number of hydrogen-bond acceptors (Lipinski definition) is 2. The van der Waals surface area contributed by atoms with Crippen LogP contribution in [0.4, 0.5) is 0 Å². The zero-order valence-corrected chi connectivity index (χ0v) is 11.7. The summed E-state index contributed by atoms with van der Waals surface area (Å²) in [5.74, 6) is -0.405. The quantitative estimate of drug-likeness (QED) is 0.878. The van der Waals surface area contributed by atoms with Crippen molar-refractivity contribution in [2.24, 2.45) is 17.6 Å². The first-order valence-corrected chi connectivity index (χ1v) is 7.04. The molecule has 0 aliphatic heterocycles. The van der Waals surface area contributed by atoms with Crippen molar-refractivity contribution in [1.82, 2.24) is 0 Å². The molecule has 1 unspecified atom stereocenters. The van der Waals surface area contributed by atoms with Gasteiger partial charge < -0.3 is 10.8 Å². The van der Waals surface area contributed by atoms with Crippen LogP contribution in [0.3, 0.4) is 0 Å². The number of carboxylic acid groups (broad SMARTS) is 1. The van der Waals surface area contributed by atoms with Crippen LogP contribution in [-0.2, 0) is 4.79 Å². The van der Waals surface area contributed by atoms with Crippen molar-refractivity contribution in [2.45, 2.75) is 45.6 Å². The Hall–Kier alpha value is -1.35. The van der Waals surface area contributed by atoms with E-state index in [1.165, 1.54) is 16.7 Å². The fourth-order valence-electron chi connectivity index (χ4n) is 3.18. The summed E-state index contributed by atoms with van der Waals surface area (Å²) in [6.45, 7) is 4.19. The van der Waals surface area contributed by atoms with Crippen molar-refractivity contribution in [1.29, 1.82) is 0 Å². The number of aliphatic carboxylic acids is 1.